The van der Waals surface area contributed by atoms with Gasteiger partial charge in [0, 0.05) is 25.8 Å². The Morgan fingerprint density at radius 2 is 1.95 bits per heavy atom. The summed E-state index contributed by atoms with van der Waals surface area (Å²) in [6.07, 6.45) is 2.27. The van der Waals surface area contributed by atoms with Gasteiger partial charge in [0.05, 0.1) is 0 Å². The second kappa shape index (κ2) is 5.62. The highest BCUT2D eigenvalue weighted by Crippen LogP contribution is 2.35. The maximum Gasteiger partial charge on any atom is 0.231 e. The molecular formula is C16H23NO3. The van der Waals surface area contributed by atoms with E-state index in [-0.39, 0.29) is 0 Å². The summed E-state index contributed by atoms with van der Waals surface area (Å²) in [5.74, 6) is 1.70. The normalized spacial score (nSPS) is 21.7. The summed E-state index contributed by atoms with van der Waals surface area (Å²) < 4.78 is 16.2. The van der Waals surface area contributed by atoms with E-state index in [1.807, 2.05) is 6.07 Å². The van der Waals surface area contributed by atoms with Gasteiger partial charge < -0.3 is 19.5 Å². The molecule has 3 rings (SSSR count). The van der Waals surface area contributed by atoms with Crippen LogP contribution in [-0.2, 0) is 4.74 Å². The molecule has 1 N–H and O–H groups in total. The fourth-order valence-electron chi connectivity index (χ4n) is 2.74. The highest BCUT2D eigenvalue weighted by Gasteiger charge is 2.27. The van der Waals surface area contributed by atoms with Crippen LogP contribution >= 0.6 is 0 Å². The minimum atomic E-state index is 0.309. The largest absolute Gasteiger partial charge is 0.454 e. The van der Waals surface area contributed by atoms with E-state index in [4.69, 9.17) is 14.2 Å². The third-order valence-electron chi connectivity index (χ3n) is 4.43. The van der Waals surface area contributed by atoms with Gasteiger partial charge in [-0.15, -0.1) is 0 Å². The molecule has 20 heavy (non-hydrogen) atoms. The first-order valence-corrected chi connectivity index (χ1v) is 7.37. The van der Waals surface area contributed by atoms with Gasteiger partial charge in [-0.05, 0) is 42.9 Å². The van der Waals surface area contributed by atoms with Gasteiger partial charge >= 0.3 is 0 Å². The van der Waals surface area contributed by atoms with Crippen molar-refractivity contribution in [3.8, 4) is 11.5 Å². The van der Waals surface area contributed by atoms with Gasteiger partial charge in [-0.2, -0.15) is 0 Å². The van der Waals surface area contributed by atoms with Crippen LogP contribution in [0.4, 0.5) is 0 Å². The van der Waals surface area contributed by atoms with Crippen molar-refractivity contribution in [3.63, 3.8) is 0 Å². The average Bonchev–Trinajstić information content (AvgIpc) is 2.93. The van der Waals surface area contributed by atoms with E-state index in [9.17, 15) is 0 Å². The van der Waals surface area contributed by atoms with Crippen molar-refractivity contribution in [2.24, 2.45) is 5.41 Å². The average molecular weight is 277 g/mol. The van der Waals surface area contributed by atoms with E-state index in [1.54, 1.807) is 0 Å². The van der Waals surface area contributed by atoms with Gasteiger partial charge in [0.2, 0.25) is 6.79 Å². The Balaban J connectivity index is 1.60. The number of hydrogen-bond donors (Lipinski definition) is 1. The van der Waals surface area contributed by atoms with Crippen LogP contribution in [0, 0.1) is 5.41 Å². The summed E-state index contributed by atoms with van der Waals surface area (Å²) in [5, 5.41) is 3.65. The van der Waals surface area contributed by atoms with E-state index in [1.165, 1.54) is 5.56 Å². The highest BCUT2D eigenvalue weighted by molar-refractivity contribution is 5.45. The maximum absolute atomic E-state index is 5.45. The molecule has 1 fully saturated rings. The lowest BCUT2D eigenvalue weighted by molar-refractivity contribution is 0.0231. The molecule has 0 aromatic heterocycles. The standard InChI is InChI=1S/C16H23NO3/c1-12(17-10-16(2)5-7-18-8-6-16)13-3-4-14-15(9-13)20-11-19-14/h3-4,9,12,17H,5-8,10-11H2,1-2H3. The number of ether oxygens (including phenoxy) is 3. The van der Waals surface area contributed by atoms with Gasteiger partial charge in [-0.3, -0.25) is 0 Å². The zero-order valence-electron chi connectivity index (χ0n) is 12.3. The molecule has 0 radical (unpaired) electrons. The molecule has 0 amide bonds. The molecule has 110 valence electrons. The molecule has 1 atom stereocenters. The molecule has 1 saturated heterocycles. The first kappa shape index (κ1) is 13.7. The molecule has 1 unspecified atom stereocenters. The predicted molar refractivity (Wildman–Crippen MR) is 77.1 cm³/mol. The second-order valence-electron chi connectivity index (χ2n) is 6.14. The number of fused-ring (bicyclic) bond motifs is 1. The minimum Gasteiger partial charge on any atom is -0.454 e. The molecule has 0 aliphatic carbocycles. The monoisotopic (exact) mass is 277 g/mol. The van der Waals surface area contributed by atoms with Crippen molar-refractivity contribution >= 4 is 0 Å². The van der Waals surface area contributed by atoms with Crippen LogP contribution in [0.25, 0.3) is 0 Å². The quantitative estimate of drug-likeness (QED) is 0.918. The summed E-state index contributed by atoms with van der Waals surface area (Å²) >= 11 is 0. The van der Waals surface area contributed by atoms with Gasteiger partial charge in [0.15, 0.2) is 11.5 Å². The van der Waals surface area contributed by atoms with Crippen molar-refractivity contribution in [1.82, 2.24) is 5.32 Å². The van der Waals surface area contributed by atoms with Crippen molar-refractivity contribution < 1.29 is 14.2 Å². The Morgan fingerprint density at radius 3 is 2.75 bits per heavy atom. The van der Waals surface area contributed by atoms with Crippen molar-refractivity contribution in [1.29, 1.82) is 0 Å². The SMILES string of the molecule is CC(NCC1(C)CCOCC1)c1ccc2c(c1)OCO2. The van der Waals surface area contributed by atoms with Crippen molar-refractivity contribution in [2.75, 3.05) is 26.6 Å². The summed E-state index contributed by atoms with van der Waals surface area (Å²) in [7, 11) is 0. The Kier molecular flexibility index (Phi) is 3.85. The van der Waals surface area contributed by atoms with Crippen molar-refractivity contribution in [2.45, 2.75) is 32.7 Å². The Labute approximate surface area is 120 Å². The lowest BCUT2D eigenvalue weighted by Crippen LogP contribution is -2.37. The molecule has 2 aliphatic heterocycles. The minimum absolute atomic E-state index is 0.309. The lowest BCUT2D eigenvalue weighted by atomic mass is 9.82. The maximum atomic E-state index is 5.45. The van der Waals surface area contributed by atoms with Crippen LogP contribution in [0.15, 0.2) is 18.2 Å². The van der Waals surface area contributed by atoms with Crippen molar-refractivity contribution in [3.05, 3.63) is 23.8 Å². The van der Waals surface area contributed by atoms with Crippen LogP contribution in [0.1, 0.15) is 38.3 Å². The topological polar surface area (TPSA) is 39.7 Å². The van der Waals surface area contributed by atoms with Gasteiger partial charge in [0.25, 0.3) is 0 Å². The van der Waals surface area contributed by atoms with Crippen LogP contribution in [0.2, 0.25) is 0 Å². The number of benzene rings is 1. The van der Waals surface area contributed by atoms with Gasteiger partial charge in [0.1, 0.15) is 0 Å². The smallest absolute Gasteiger partial charge is 0.231 e. The Morgan fingerprint density at radius 1 is 1.20 bits per heavy atom. The number of hydrogen-bond acceptors (Lipinski definition) is 4. The molecule has 4 nitrogen and oxygen atoms in total. The Bertz CT molecular complexity index is 469. The van der Waals surface area contributed by atoms with E-state index >= 15 is 0 Å². The molecule has 1 aromatic carbocycles. The molecule has 2 aliphatic rings. The zero-order valence-corrected chi connectivity index (χ0v) is 12.3. The fraction of sp³-hybridized carbons (Fsp3) is 0.625. The van der Waals surface area contributed by atoms with E-state index in [0.29, 0.717) is 18.2 Å². The van der Waals surface area contributed by atoms with Crippen LogP contribution in [0.3, 0.4) is 0 Å². The summed E-state index contributed by atoms with van der Waals surface area (Å²) in [6, 6.07) is 6.49. The number of nitrogens with one attached hydrogen (secondary N) is 1. The highest BCUT2D eigenvalue weighted by atomic mass is 16.7. The predicted octanol–water partition coefficient (Wildman–Crippen LogP) is 2.88. The molecule has 0 saturated carbocycles. The zero-order chi connectivity index (χ0) is 14.0. The summed E-state index contributed by atoms with van der Waals surface area (Å²) in [5.41, 5.74) is 1.59. The van der Waals surface area contributed by atoms with Crippen LogP contribution < -0.4 is 14.8 Å². The number of rotatable bonds is 4. The molecular weight excluding hydrogens is 254 g/mol. The van der Waals surface area contributed by atoms with Crippen LogP contribution in [0.5, 0.6) is 11.5 Å². The van der Waals surface area contributed by atoms with Gasteiger partial charge in [-0.1, -0.05) is 13.0 Å². The van der Waals surface area contributed by atoms with E-state index < -0.39 is 0 Å². The summed E-state index contributed by atoms with van der Waals surface area (Å²) in [4.78, 5) is 0. The summed E-state index contributed by atoms with van der Waals surface area (Å²) in [6.45, 7) is 7.66. The first-order valence-electron chi connectivity index (χ1n) is 7.37. The lowest BCUT2D eigenvalue weighted by Gasteiger charge is -2.34. The second-order valence-corrected chi connectivity index (χ2v) is 6.14. The molecule has 1 aromatic rings. The van der Waals surface area contributed by atoms with E-state index in [0.717, 1.165) is 44.1 Å². The Hall–Kier alpha value is -1.26. The first-order chi connectivity index (χ1) is 9.66. The molecule has 0 spiro atoms. The van der Waals surface area contributed by atoms with E-state index in [2.05, 4.69) is 31.3 Å². The molecule has 2 heterocycles. The van der Waals surface area contributed by atoms with Gasteiger partial charge in [-0.25, -0.2) is 0 Å². The fourth-order valence-corrected chi connectivity index (χ4v) is 2.74. The molecule has 0 bridgehead atoms. The van der Waals surface area contributed by atoms with Crippen LogP contribution in [-0.4, -0.2) is 26.6 Å². The third kappa shape index (κ3) is 2.91. The molecule has 4 heteroatoms. The third-order valence-corrected chi connectivity index (χ3v) is 4.43.